The Morgan fingerprint density at radius 1 is 0.597 bits per heavy atom. The Bertz CT molecular complexity index is 1840. The van der Waals surface area contributed by atoms with Crippen molar-refractivity contribution < 1.29 is 90.4 Å². The molecule has 4 aliphatic rings. The highest BCUT2D eigenvalue weighted by atomic mass is 19.4. The molecule has 67 heavy (non-hydrogen) atoms. The van der Waals surface area contributed by atoms with Crippen molar-refractivity contribution >= 4 is 12.2 Å². The number of nitrogens with zero attached hydrogens (tertiary/aromatic N) is 4. The first-order chi connectivity index (χ1) is 31.3. The molecule has 2 aromatic carbocycles. The van der Waals surface area contributed by atoms with Gasteiger partial charge in [-0.1, -0.05) is 31.2 Å². The molecule has 0 bridgehead atoms. The number of aromatic hydroxyl groups is 1. The minimum atomic E-state index is -5.74. The Labute approximate surface area is 378 Å². The number of benzene rings is 2. The molecule has 6 rings (SSSR count). The first-order valence-electron chi connectivity index (χ1n) is 21.6. The standard InChI is InChI=1S/C21H25F7N2O3.C19H22F6N2O3.C3H7F/c22-8-12-32-16-4-1-3-15(13-16)14-30-9-2-5-19(30)6-10-29(11-7-19)18(31)33-17(20(23,24)25)21(26,27)28;20-18(21,22)15(19(23,24)25)30-16(29)26-9-6-17(7-10-26)5-2-8-27(17)12-13-3-1-4-14(28)11-13;1-2-3-4/h1,3-4,13,17H,2,5-12,14H2;1,3-4,11,15,28H,2,5-10,12H2;2-3H2,1H3. The Morgan fingerprint density at radius 2 is 0.985 bits per heavy atom. The number of alkyl halides is 14. The third kappa shape index (κ3) is 15.5. The zero-order chi connectivity index (χ0) is 49.8. The van der Waals surface area contributed by atoms with Gasteiger partial charge in [0.25, 0.3) is 12.2 Å². The van der Waals surface area contributed by atoms with Gasteiger partial charge < -0.3 is 29.1 Å². The summed E-state index contributed by atoms with van der Waals surface area (Å²) in [6.45, 7) is 3.65. The van der Waals surface area contributed by atoms with Crippen LogP contribution in [0.1, 0.15) is 75.8 Å². The number of amides is 2. The van der Waals surface area contributed by atoms with Crippen LogP contribution < -0.4 is 4.74 Å². The quantitative estimate of drug-likeness (QED) is 0.235. The second kappa shape index (κ2) is 23.2. The Balaban J connectivity index is 0.000000272. The Kier molecular flexibility index (Phi) is 19.1. The molecule has 2 aromatic rings. The van der Waals surface area contributed by atoms with E-state index in [9.17, 15) is 76.2 Å². The van der Waals surface area contributed by atoms with Crippen LogP contribution in [-0.2, 0) is 22.6 Å². The van der Waals surface area contributed by atoms with Crippen LogP contribution in [0.25, 0.3) is 0 Å². The zero-order valence-corrected chi connectivity index (χ0v) is 36.5. The summed E-state index contributed by atoms with van der Waals surface area (Å²) in [6, 6.07) is 14.0. The Morgan fingerprint density at radius 3 is 1.34 bits per heavy atom. The van der Waals surface area contributed by atoms with Crippen LogP contribution in [0.15, 0.2) is 48.5 Å². The summed E-state index contributed by atoms with van der Waals surface area (Å²) >= 11 is 0. The van der Waals surface area contributed by atoms with Gasteiger partial charge in [-0.2, -0.15) is 52.7 Å². The monoisotopic (exact) mass is 988 g/mol. The fourth-order valence-corrected chi connectivity index (χ4v) is 8.80. The van der Waals surface area contributed by atoms with Gasteiger partial charge in [-0.15, -0.1) is 0 Å². The van der Waals surface area contributed by atoms with E-state index < -0.39 is 55.8 Å². The molecular weight excluding hydrogens is 934 g/mol. The lowest BCUT2D eigenvalue weighted by Crippen LogP contribution is -2.54. The minimum Gasteiger partial charge on any atom is -0.508 e. The molecule has 1 N–H and O–H groups in total. The number of hydrogen-bond donors (Lipinski definition) is 1. The molecule has 2 spiro atoms. The molecule has 0 aromatic heterocycles. The summed E-state index contributed by atoms with van der Waals surface area (Å²) in [5, 5.41) is 9.63. The van der Waals surface area contributed by atoms with E-state index in [0.717, 1.165) is 59.7 Å². The van der Waals surface area contributed by atoms with Crippen molar-refractivity contribution in [1.82, 2.24) is 19.6 Å². The molecular formula is C43H54F14N4O6. The average Bonchev–Trinajstić information content (AvgIpc) is 3.81. The van der Waals surface area contributed by atoms with E-state index in [4.69, 9.17) is 4.74 Å². The number of ether oxygens (including phenoxy) is 3. The van der Waals surface area contributed by atoms with Gasteiger partial charge in [0.05, 0.1) is 6.67 Å². The average molecular weight is 989 g/mol. The van der Waals surface area contributed by atoms with E-state index in [1.54, 1.807) is 37.3 Å². The molecule has 2 amide bonds. The van der Waals surface area contributed by atoms with Crippen LogP contribution in [0.5, 0.6) is 11.5 Å². The fraction of sp³-hybridized carbons (Fsp3) is 0.674. The summed E-state index contributed by atoms with van der Waals surface area (Å²) < 4.78 is 188. The summed E-state index contributed by atoms with van der Waals surface area (Å²) in [6.07, 6.45) is -28.7. The van der Waals surface area contributed by atoms with Crippen molar-refractivity contribution in [1.29, 1.82) is 0 Å². The highest BCUT2D eigenvalue weighted by Gasteiger charge is 2.61. The summed E-state index contributed by atoms with van der Waals surface area (Å²) in [5.74, 6) is 0.682. The molecule has 10 nitrogen and oxygen atoms in total. The lowest BCUT2D eigenvalue weighted by atomic mass is 9.85. The van der Waals surface area contributed by atoms with Crippen LogP contribution in [0.2, 0.25) is 0 Å². The van der Waals surface area contributed by atoms with Crippen molar-refractivity contribution in [3.63, 3.8) is 0 Å². The molecule has 380 valence electrons. The number of likely N-dealkylation sites (tertiary alicyclic amines) is 4. The smallest absolute Gasteiger partial charge is 0.434 e. The number of rotatable bonds is 10. The van der Waals surface area contributed by atoms with E-state index in [1.165, 1.54) is 0 Å². The molecule has 4 heterocycles. The van der Waals surface area contributed by atoms with Crippen LogP contribution >= 0.6 is 0 Å². The molecule has 0 radical (unpaired) electrons. The molecule has 4 saturated heterocycles. The number of halogens is 14. The van der Waals surface area contributed by atoms with Gasteiger partial charge in [0.1, 0.15) is 24.8 Å². The molecule has 4 fully saturated rings. The molecule has 0 aliphatic carbocycles. The predicted octanol–water partition coefficient (Wildman–Crippen LogP) is 10.9. The zero-order valence-electron chi connectivity index (χ0n) is 36.5. The van der Waals surface area contributed by atoms with Crippen LogP contribution in [-0.4, -0.2) is 144 Å². The number of hydrogen-bond acceptors (Lipinski definition) is 8. The molecule has 0 unspecified atom stereocenters. The van der Waals surface area contributed by atoms with Crippen molar-refractivity contribution in [2.24, 2.45) is 0 Å². The number of carbonyl (C=O) groups excluding carboxylic acids is 2. The number of phenolic OH excluding ortho intramolecular Hbond substituents is 1. The van der Waals surface area contributed by atoms with Gasteiger partial charge in [-0.25, -0.2) is 14.0 Å². The third-order valence-electron chi connectivity index (χ3n) is 12.1. The maximum Gasteiger partial charge on any atom is 0.434 e. The maximum atomic E-state index is 12.7. The van der Waals surface area contributed by atoms with E-state index in [-0.39, 0.29) is 56.3 Å². The molecule has 0 atom stereocenters. The summed E-state index contributed by atoms with van der Waals surface area (Å²) in [4.78, 5) is 30.3. The van der Waals surface area contributed by atoms with Gasteiger partial charge in [-0.05, 0) is 106 Å². The number of carbonyl (C=O) groups is 2. The lowest BCUT2D eigenvalue weighted by Gasteiger charge is -2.45. The van der Waals surface area contributed by atoms with Gasteiger partial charge in [0.15, 0.2) is 0 Å². The summed E-state index contributed by atoms with van der Waals surface area (Å²) in [7, 11) is 0. The van der Waals surface area contributed by atoms with E-state index in [0.29, 0.717) is 50.9 Å². The first kappa shape index (κ1) is 55.1. The molecule has 24 heteroatoms. The predicted molar refractivity (Wildman–Crippen MR) is 213 cm³/mol. The fourth-order valence-electron chi connectivity index (χ4n) is 8.80. The van der Waals surface area contributed by atoms with Crippen LogP contribution in [0.3, 0.4) is 0 Å². The van der Waals surface area contributed by atoms with Crippen molar-refractivity contribution in [3.8, 4) is 11.5 Å². The largest absolute Gasteiger partial charge is 0.508 e. The number of piperidine rings is 2. The third-order valence-corrected chi connectivity index (χ3v) is 12.1. The van der Waals surface area contributed by atoms with Gasteiger partial charge in [0, 0.05) is 50.3 Å². The van der Waals surface area contributed by atoms with Gasteiger partial charge in [-0.3, -0.25) is 14.2 Å². The number of phenols is 1. The first-order valence-corrected chi connectivity index (χ1v) is 21.6. The Hall–Kier alpha value is -4.48. The minimum absolute atomic E-state index is 0.00256. The van der Waals surface area contributed by atoms with Crippen LogP contribution in [0.4, 0.5) is 71.1 Å². The van der Waals surface area contributed by atoms with Crippen molar-refractivity contribution in [3.05, 3.63) is 59.7 Å². The van der Waals surface area contributed by atoms with Gasteiger partial charge >= 0.3 is 36.9 Å². The van der Waals surface area contributed by atoms with Crippen molar-refractivity contribution in [2.75, 3.05) is 59.2 Å². The van der Waals surface area contributed by atoms with E-state index in [2.05, 4.69) is 19.3 Å². The molecule has 4 aliphatic heterocycles. The highest BCUT2D eigenvalue weighted by Crippen LogP contribution is 2.43. The summed E-state index contributed by atoms with van der Waals surface area (Å²) in [5.41, 5.74) is 1.25. The van der Waals surface area contributed by atoms with E-state index in [1.807, 2.05) is 18.2 Å². The SMILES string of the molecule is CCCF.O=C(OC(C(F)(F)F)C(F)(F)F)N1CCC2(CCCN2Cc2cccc(O)c2)CC1.O=C(OC(C(F)(F)F)C(F)(F)F)N1CCC2(CCCN2Cc2cccc(OCCF)c2)CC1. The topological polar surface area (TPSA) is 95.0 Å². The second-order valence-electron chi connectivity index (χ2n) is 16.7. The molecule has 0 saturated carbocycles. The van der Waals surface area contributed by atoms with Gasteiger partial charge in [0.2, 0.25) is 0 Å². The lowest BCUT2D eigenvalue weighted by molar-refractivity contribution is -0.309. The second-order valence-corrected chi connectivity index (χ2v) is 16.7. The maximum absolute atomic E-state index is 12.7. The highest BCUT2D eigenvalue weighted by molar-refractivity contribution is 5.68. The normalized spacial score (nSPS) is 19.0. The van der Waals surface area contributed by atoms with Crippen LogP contribution in [0, 0.1) is 0 Å². The van der Waals surface area contributed by atoms with Crippen molar-refractivity contribution in [2.45, 2.75) is 126 Å². The van der Waals surface area contributed by atoms with E-state index >= 15 is 0 Å².